The second-order valence-corrected chi connectivity index (χ2v) is 10.2. The molecule has 2 aliphatic rings. The molecule has 1 unspecified atom stereocenters. The van der Waals surface area contributed by atoms with Gasteiger partial charge in [-0.15, -0.1) is 11.3 Å². The van der Waals surface area contributed by atoms with E-state index in [1.54, 1.807) is 4.90 Å². The van der Waals surface area contributed by atoms with Gasteiger partial charge in [0.25, 0.3) is 0 Å². The predicted octanol–water partition coefficient (Wildman–Crippen LogP) is 4.96. The number of fused-ring (bicyclic) bond motifs is 1. The Bertz CT molecular complexity index is 1150. The Kier molecular flexibility index (Phi) is 7.33. The van der Waals surface area contributed by atoms with E-state index in [2.05, 4.69) is 33.8 Å². The van der Waals surface area contributed by atoms with Crippen LogP contribution in [-0.4, -0.2) is 43.0 Å². The van der Waals surface area contributed by atoms with E-state index in [9.17, 15) is 9.59 Å². The smallest absolute Gasteiger partial charge is 0.229 e. The number of nitrogens with one attached hydrogen (secondary N) is 1. The van der Waals surface area contributed by atoms with Gasteiger partial charge in [-0.3, -0.25) is 9.59 Å². The quantitative estimate of drug-likeness (QED) is 0.510. The maximum Gasteiger partial charge on any atom is 0.229 e. The summed E-state index contributed by atoms with van der Waals surface area (Å²) in [5.74, 6) is 0.593. The molecule has 0 spiro atoms. The molecule has 0 radical (unpaired) electrons. The molecular weight excluding hydrogens is 458 g/mol. The maximum atomic E-state index is 12.9. The molecular formula is C28H31N3O3S. The zero-order chi connectivity index (χ0) is 24.0. The van der Waals surface area contributed by atoms with E-state index in [4.69, 9.17) is 4.74 Å². The molecule has 1 saturated heterocycles. The lowest BCUT2D eigenvalue weighted by Crippen LogP contribution is -2.44. The van der Waals surface area contributed by atoms with Gasteiger partial charge in [0.05, 0.1) is 18.9 Å². The number of carbonyl (C=O) groups excluding carboxylic acids is 2. The van der Waals surface area contributed by atoms with E-state index < -0.39 is 0 Å². The van der Waals surface area contributed by atoms with E-state index in [0.29, 0.717) is 26.1 Å². The Labute approximate surface area is 210 Å². The lowest BCUT2D eigenvalue weighted by atomic mass is 9.96. The molecule has 0 bridgehead atoms. The lowest BCUT2D eigenvalue weighted by molar-refractivity contribution is -0.135. The number of likely N-dealkylation sites (tertiary alicyclic amines) is 1. The molecule has 2 aliphatic heterocycles. The van der Waals surface area contributed by atoms with Crippen LogP contribution >= 0.6 is 11.3 Å². The van der Waals surface area contributed by atoms with Gasteiger partial charge in [0, 0.05) is 42.4 Å². The summed E-state index contributed by atoms with van der Waals surface area (Å²) < 4.78 is 5.66. The van der Waals surface area contributed by atoms with Crippen molar-refractivity contribution < 1.29 is 14.3 Å². The molecule has 1 fully saturated rings. The number of ether oxygens (including phenoxy) is 1. The molecule has 6 nitrogen and oxygen atoms in total. The number of thiophene rings is 1. The summed E-state index contributed by atoms with van der Waals surface area (Å²) in [6.45, 7) is 3.46. The van der Waals surface area contributed by atoms with Crippen LogP contribution in [0.1, 0.15) is 29.7 Å². The van der Waals surface area contributed by atoms with Crippen molar-refractivity contribution in [1.82, 2.24) is 4.90 Å². The van der Waals surface area contributed by atoms with E-state index in [1.165, 1.54) is 16.1 Å². The SMILES string of the molecule is O=C(Nc1ccc(N2CCc3sccc3C2)cc1)C1CCCN(C(=O)CCOc2ccccc2)C1. The topological polar surface area (TPSA) is 61.9 Å². The molecule has 0 saturated carbocycles. The van der Waals surface area contributed by atoms with Crippen molar-refractivity contribution in [2.45, 2.75) is 32.2 Å². The van der Waals surface area contributed by atoms with Gasteiger partial charge in [-0.2, -0.15) is 0 Å². The van der Waals surface area contributed by atoms with Gasteiger partial charge in [0.1, 0.15) is 5.75 Å². The van der Waals surface area contributed by atoms with Crippen molar-refractivity contribution in [3.8, 4) is 5.75 Å². The van der Waals surface area contributed by atoms with E-state index in [1.807, 2.05) is 53.8 Å². The summed E-state index contributed by atoms with van der Waals surface area (Å²) >= 11 is 1.85. The summed E-state index contributed by atoms with van der Waals surface area (Å²) in [4.78, 5) is 31.3. The number of piperidine rings is 1. The minimum absolute atomic E-state index is 0.0170. The lowest BCUT2D eigenvalue weighted by Gasteiger charge is -2.32. The van der Waals surface area contributed by atoms with Crippen LogP contribution in [0.3, 0.4) is 0 Å². The zero-order valence-corrected chi connectivity index (χ0v) is 20.6. The average molecular weight is 490 g/mol. The molecule has 1 aromatic heterocycles. The summed E-state index contributed by atoms with van der Waals surface area (Å²) in [6, 6.07) is 19.8. The van der Waals surface area contributed by atoms with Crippen molar-refractivity contribution in [2.24, 2.45) is 5.92 Å². The first kappa shape index (κ1) is 23.4. The number of amides is 2. The summed E-state index contributed by atoms with van der Waals surface area (Å²) in [5.41, 5.74) is 3.39. The number of anilines is 2. The van der Waals surface area contributed by atoms with Crippen molar-refractivity contribution >= 4 is 34.5 Å². The van der Waals surface area contributed by atoms with Gasteiger partial charge < -0.3 is 19.9 Å². The van der Waals surface area contributed by atoms with E-state index >= 15 is 0 Å². The molecule has 5 rings (SSSR count). The monoisotopic (exact) mass is 489 g/mol. The van der Waals surface area contributed by atoms with Crippen molar-refractivity contribution in [2.75, 3.05) is 36.5 Å². The Morgan fingerprint density at radius 1 is 1.03 bits per heavy atom. The van der Waals surface area contributed by atoms with Crippen LogP contribution < -0.4 is 15.0 Å². The number of hydrogen-bond acceptors (Lipinski definition) is 5. The molecule has 2 amide bonds. The number of carbonyl (C=O) groups is 2. The van der Waals surface area contributed by atoms with Crippen LogP contribution in [0.15, 0.2) is 66.0 Å². The fraction of sp³-hybridized carbons (Fsp3) is 0.357. The maximum absolute atomic E-state index is 12.9. The third-order valence-electron chi connectivity index (χ3n) is 6.78. The average Bonchev–Trinajstić information content (AvgIpc) is 3.38. The largest absolute Gasteiger partial charge is 0.493 e. The van der Waals surface area contributed by atoms with Gasteiger partial charge in [0.2, 0.25) is 11.8 Å². The molecule has 2 aromatic carbocycles. The number of benzene rings is 2. The zero-order valence-electron chi connectivity index (χ0n) is 19.8. The second-order valence-electron chi connectivity index (χ2n) is 9.17. The standard InChI is InChI=1S/C28H31N3O3S/c32-27(13-17-34-25-6-2-1-3-7-25)31-15-4-5-22(20-31)28(33)29-23-8-10-24(11-9-23)30-16-12-26-21(19-30)14-18-35-26/h1-3,6-11,14,18,22H,4-5,12-13,15-17,19-20H2,(H,29,33). The minimum atomic E-state index is -0.193. The van der Waals surface area contributed by atoms with Crippen LogP contribution in [0.5, 0.6) is 5.75 Å². The molecule has 3 aromatic rings. The highest BCUT2D eigenvalue weighted by atomic mass is 32.1. The van der Waals surface area contributed by atoms with Crippen LogP contribution in [0.2, 0.25) is 0 Å². The Hall–Kier alpha value is -3.32. The molecule has 35 heavy (non-hydrogen) atoms. The van der Waals surface area contributed by atoms with Gasteiger partial charge in [-0.25, -0.2) is 0 Å². The van der Waals surface area contributed by atoms with Gasteiger partial charge >= 0.3 is 0 Å². The van der Waals surface area contributed by atoms with Crippen LogP contribution in [0.25, 0.3) is 0 Å². The highest BCUT2D eigenvalue weighted by Gasteiger charge is 2.28. The first-order valence-electron chi connectivity index (χ1n) is 12.3. The van der Waals surface area contributed by atoms with Crippen LogP contribution in [0, 0.1) is 5.92 Å². The molecule has 1 N–H and O–H groups in total. The minimum Gasteiger partial charge on any atom is -0.493 e. The molecule has 182 valence electrons. The van der Waals surface area contributed by atoms with Crippen molar-refractivity contribution in [3.63, 3.8) is 0 Å². The Morgan fingerprint density at radius 2 is 1.86 bits per heavy atom. The number of nitrogens with zero attached hydrogens (tertiary/aromatic N) is 2. The predicted molar refractivity (Wildman–Crippen MR) is 140 cm³/mol. The van der Waals surface area contributed by atoms with E-state index in [-0.39, 0.29) is 17.7 Å². The highest BCUT2D eigenvalue weighted by molar-refractivity contribution is 7.10. The molecule has 1 atom stereocenters. The Balaban J connectivity index is 1.10. The van der Waals surface area contributed by atoms with Crippen LogP contribution in [0.4, 0.5) is 11.4 Å². The normalized spacial score (nSPS) is 17.5. The number of rotatable bonds is 7. The molecule has 3 heterocycles. The van der Waals surface area contributed by atoms with Gasteiger partial charge in [0.15, 0.2) is 0 Å². The number of para-hydroxylation sites is 1. The third kappa shape index (κ3) is 5.85. The van der Waals surface area contributed by atoms with Crippen LogP contribution in [-0.2, 0) is 22.6 Å². The summed E-state index contributed by atoms with van der Waals surface area (Å²) in [6.07, 6.45) is 3.03. The third-order valence-corrected chi connectivity index (χ3v) is 7.80. The summed E-state index contributed by atoms with van der Waals surface area (Å²) in [7, 11) is 0. The molecule has 7 heteroatoms. The fourth-order valence-corrected chi connectivity index (χ4v) is 5.71. The highest BCUT2D eigenvalue weighted by Crippen LogP contribution is 2.29. The van der Waals surface area contributed by atoms with E-state index in [0.717, 1.165) is 43.8 Å². The Morgan fingerprint density at radius 3 is 2.69 bits per heavy atom. The van der Waals surface area contributed by atoms with Crippen molar-refractivity contribution in [3.05, 3.63) is 76.5 Å². The number of hydrogen-bond donors (Lipinski definition) is 1. The molecule has 0 aliphatic carbocycles. The first-order valence-corrected chi connectivity index (χ1v) is 13.2. The first-order chi connectivity index (χ1) is 17.2. The second kappa shape index (κ2) is 11.0. The van der Waals surface area contributed by atoms with Gasteiger partial charge in [-0.05, 0) is 72.7 Å². The van der Waals surface area contributed by atoms with Gasteiger partial charge in [-0.1, -0.05) is 18.2 Å². The fourth-order valence-electron chi connectivity index (χ4n) is 4.82. The summed E-state index contributed by atoms with van der Waals surface area (Å²) in [5, 5.41) is 5.23. The van der Waals surface area contributed by atoms with Crippen molar-refractivity contribution in [1.29, 1.82) is 0 Å².